The molecule has 0 aromatic carbocycles. The van der Waals surface area contributed by atoms with Crippen LogP contribution in [-0.2, 0) is 18.3 Å². The highest BCUT2D eigenvalue weighted by Crippen LogP contribution is 2.26. The summed E-state index contributed by atoms with van der Waals surface area (Å²) in [6.45, 7) is 8.80. The Morgan fingerprint density at radius 1 is 1.47 bits per heavy atom. The third-order valence-corrected chi connectivity index (χ3v) is 2.81. The van der Waals surface area contributed by atoms with Gasteiger partial charge in [0, 0.05) is 25.9 Å². The lowest BCUT2D eigenvalue weighted by atomic mass is 9.83. The van der Waals surface area contributed by atoms with Crippen molar-refractivity contribution in [2.24, 2.45) is 18.4 Å². The van der Waals surface area contributed by atoms with Crippen molar-refractivity contribution in [3.63, 3.8) is 0 Å². The van der Waals surface area contributed by atoms with E-state index in [0.29, 0.717) is 24.2 Å². The zero-order valence-corrected chi connectivity index (χ0v) is 11.7. The third-order valence-electron chi connectivity index (χ3n) is 2.81. The molecule has 1 atom stereocenters. The molecule has 1 rings (SSSR count). The van der Waals surface area contributed by atoms with Crippen molar-refractivity contribution in [2.75, 3.05) is 0 Å². The van der Waals surface area contributed by atoms with Crippen molar-refractivity contribution in [3.05, 3.63) is 18.2 Å². The molecule has 0 amide bonds. The first kappa shape index (κ1) is 13.9. The Morgan fingerprint density at radius 2 is 2.12 bits per heavy atom. The van der Waals surface area contributed by atoms with E-state index in [1.807, 2.05) is 17.8 Å². The molecule has 0 saturated carbocycles. The minimum atomic E-state index is 0.288. The molecule has 0 fully saturated rings. The van der Waals surface area contributed by atoms with Crippen LogP contribution in [0.3, 0.4) is 0 Å². The third kappa shape index (κ3) is 5.16. The Bertz CT molecular complexity index is 374. The second-order valence-electron chi connectivity index (χ2n) is 6.24. The molecule has 0 aliphatic heterocycles. The van der Waals surface area contributed by atoms with Crippen molar-refractivity contribution < 1.29 is 4.79 Å². The van der Waals surface area contributed by atoms with Gasteiger partial charge in [0.15, 0.2) is 0 Å². The van der Waals surface area contributed by atoms with Gasteiger partial charge in [-0.05, 0) is 17.8 Å². The number of carbonyl (C=O) groups is 1. The summed E-state index contributed by atoms with van der Waals surface area (Å²) < 4.78 is 1.91. The van der Waals surface area contributed by atoms with Crippen LogP contribution < -0.4 is 0 Å². The summed E-state index contributed by atoms with van der Waals surface area (Å²) in [6, 6.07) is 0. The number of Topliss-reactive ketones (excluding diaryl/α,β-unsaturated/α-hetero) is 1. The lowest BCUT2D eigenvalue weighted by Gasteiger charge is -2.22. The molecule has 1 unspecified atom stereocenters. The molecular weight excluding hydrogens is 212 g/mol. The molecule has 0 N–H and O–H groups in total. The predicted molar refractivity (Wildman–Crippen MR) is 69.8 cm³/mol. The van der Waals surface area contributed by atoms with Crippen LogP contribution in [0.15, 0.2) is 12.4 Å². The molecular formula is C14H24N2O. The Kier molecular flexibility index (Phi) is 4.49. The molecule has 1 aromatic heterocycles. The average molecular weight is 236 g/mol. The van der Waals surface area contributed by atoms with Gasteiger partial charge in [-0.2, -0.15) is 0 Å². The molecule has 0 bridgehead atoms. The first-order valence-electron chi connectivity index (χ1n) is 6.26. The van der Waals surface area contributed by atoms with Crippen molar-refractivity contribution in [3.8, 4) is 0 Å². The standard InChI is InChI=1S/C14H24N2O/c1-11(10-14(2,3)4)8-12(17)9-13-15-6-7-16(13)5/h6-7,11H,8-10H2,1-5H3. The molecule has 3 nitrogen and oxygen atoms in total. The number of imidazole rings is 1. The molecule has 0 radical (unpaired) electrons. The highest BCUT2D eigenvalue weighted by molar-refractivity contribution is 5.80. The van der Waals surface area contributed by atoms with Crippen LogP contribution in [0.4, 0.5) is 0 Å². The van der Waals surface area contributed by atoms with Crippen LogP contribution in [0.2, 0.25) is 0 Å². The zero-order chi connectivity index (χ0) is 13.1. The minimum absolute atomic E-state index is 0.288. The van der Waals surface area contributed by atoms with Gasteiger partial charge in [0.25, 0.3) is 0 Å². The Morgan fingerprint density at radius 3 is 2.59 bits per heavy atom. The number of aromatic nitrogens is 2. The molecule has 1 aromatic rings. The van der Waals surface area contributed by atoms with Gasteiger partial charge in [0.2, 0.25) is 0 Å². The minimum Gasteiger partial charge on any atom is -0.338 e. The molecule has 0 aliphatic carbocycles. The zero-order valence-electron chi connectivity index (χ0n) is 11.7. The van der Waals surface area contributed by atoms with E-state index < -0.39 is 0 Å². The summed E-state index contributed by atoms with van der Waals surface area (Å²) in [5.41, 5.74) is 0.295. The van der Waals surface area contributed by atoms with Crippen LogP contribution >= 0.6 is 0 Å². The highest BCUT2D eigenvalue weighted by Gasteiger charge is 2.18. The Labute approximate surface area is 104 Å². The lowest BCUT2D eigenvalue weighted by molar-refractivity contribution is -0.119. The van der Waals surface area contributed by atoms with E-state index in [0.717, 1.165) is 12.2 Å². The number of hydrogen-bond donors (Lipinski definition) is 0. The maximum Gasteiger partial charge on any atom is 0.140 e. The Balaban J connectivity index is 2.43. The summed E-state index contributed by atoms with van der Waals surface area (Å²) in [5.74, 6) is 1.59. The normalized spacial score (nSPS) is 13.7. The molecule has 1 heterocycles. The number of rotatable bonds is 5. The molecule has 0 saturated heterocycles. The van der Waals surface area contributed by atoms with Gasteiger partial charge >= 0.3 is 0 Å². The molecule has 0 aliphatic rings. The summed E-state index contributed by atoms with van der Waals surface area (Å²) in [6.07, 6.45) is 5.81. The fourth-order valence-corrected chi connectivity index (χ4v) is 2.32. The molecule has 3 heteroatoms. The smallest absolute Gasteiger partial charge is 0.140 e. The summed E-state index contributed by atoms with van der Waals surface area (Å²) >= 11 is 0. The second-order valence-corrected chi connectivity index (χ2v) is 6.24. The second kappa shape index (κ2) is 5.48. The van der Waals surface area contributed by atoms with Crippen molar-refractivity contribution in [1.82, 2.24) is 9.55 Å². The van der Waals surface area contributed by atoms with Gasteiger partial charge in [-0.15, -0.1) is 0 Å². The lowest BCUT2D eigenvalue weighted by Crippen LogP contribution is -2.16. The van der Waals surface area contributed by atoms with Gasteiger partial charge in [-0.3, -0.25) is 4.79 Å². The molecule has 17 heavy (non-hydrogen) atoms. The van der Waals surface area contributed by atoms with E-state index in [9.17, 15) is 4.79 Å². The average Bonchev–Trinajstić information content (AvgIpc) is 2.47. The van der Waals surface area contributed by atoms with Gasteiger partial charge < -0.3 is 4.57 Å². The van der Waals surface area contributed by atoms with Gasteiger partial charge in [-0.1, -0.05) is 27.7 Å². The van der Waals surface area contributed by atoms with Crippen LogP contribution in [0.5, 0.6) is 0 Å². The first-order valence-corrected chi connectivity index (χ1v) is 6.26. The molecule has 96 valence electrons. The number of nitrogens with zero attached hydrogens (tertiary/aromatic N) is 2. The van der Waals surface area contributed by atoms with Crippen molar-refractivity contribution in [2.45, 2.75) is 47.0 Å². The van der Waals surface area contributed by atoms with Crippen molar-refractivity contribution >= 4 is 5.78 Å². The summed E-state index contributed by atoms with van der Waals surface area (Å²) in [4.78, 5) is 16.1. The summed E-state index contributed by atoms with van der Waals surface area (Å²) in [5, 5.41) is 0. The van der Waals surface area contributed by atoms with E-state index >= 15 is 0 Å². The quantitative estimate of drug-likeness (QED) is 0.787. The van der Waals surface area contributed by atoms with E-state index in [-0.39, 0.29) is 5.78 Å². The van der Waals surface area contributed by atoms with Crippen molar-refractivity contribution in [1.29, 1.82) is 0 Å². The van der Waals surface area contributed by atoms with Crippen LogP contribution in [0.1, 0.15) is 46.4 Å². The predicted octanol–water partition coefficient (Wildman–Crippen LogP) is 2.99. The van der Waals surface area contributed by atoms with Crippen LogP contribution in [-0.4, -0.2) is 15.3 Å². The first-order chi connectivity index (χ1) is 7.78. The number of aryl methyl sites for hydroxylation is 1. The Hall–Kier alpha value is -1.12. The maximum absolute atomic E-state index is 11.9. The van der Waals surface area contributed by atoms with E-state index in [2.05, 4.69) is 32.7 Å². The van der Waals surface area contributed by atoms with Gasteiger partial charge in [0.1, 0.15) is 11.6 Å². The number of carbonyl (C=O) groups excluding carboxylic acids is 1. The van der Waals surface area contributed by atoms with E-state index in [1.54, 1.807) is 6.20 Å². The topological polar surface area (TPSA) is 34.9 Å². The fraction of sp³-hybridized carbons (Fsp3) is 0.714. The SMILES string of the molecule is CC(CC(=O)Cc1nccn1C)CC(C)(C)C. The monoisotopic (exact) mass is 236 g/mol. The van der Waals surface area contributed by atoms with Crippen LogP contribution in [0.25, 0.3) is 0 Å². The molecule has 0 spiro atoms. The number of hydrogen-bond acceptors (Lipinski definition) is 2. The largest absolute Gasteiger partial charge is 0.338 e. The van der Waals surface area contributed by atoms with E-state index in [4.69, 9.17) is 0 Å². The maximum atomic E-state index is 11.9. The fourth-order valence-electron chi connectivity index (χ4n) is 2.32. The highest BCUT2D eigenvalue weighted by atomic mass is 16.1. The van der Waals surface area contributed by atoms with Crippen LogP contribution in [0, 0.1) is 11.3 Å². The van der Waals surface area contributed by atoms with E-state index in [1.165, 1.54) is 0 Å². The summed E-state index contributed by atoms with van der Waals surface area (Å²) in [7, 11) is 1.92. The number of ketones is 1. The van der Waals surface area contributed by atoms with Gasteiger partial charge in [0.05, 0.1) is 6.42 Å². The van der Waals surface area contributed by atoms with Gasteiger partial charge in [-0.25, -0.2) is 4.98 Å².